The summed E-state index contributed by atoms with van der Waals surface area (Å²) in [6, 6.07) is 0. The molecule has 1 rings (SSSR count). The summed E-state index contributed by atoms with van der Waals surface area (Å²) < 4.78 is 5.17. The van der Waals surface area contributed by atoms with Crippen molar-refractivity contribution >= 4 is 5.91 Å². The maximum Gasteiger partial charge on any atom is 0.234 e. The molecule has 0 aromatic heterocycles. The van der Waals surface area contributed by atoms with Crippen molar-refractivity contribution in [1.29, 1.82) is 0 Å². The number of rotatable bonds is 6. The van der Waals surface area contributed by atoms with Gasteiger partial charge in [0.05, 0.1) is 12.1 Å². The van der Waals surface area contributed by atoms with E-state index < -0.39 is 5.60 Å². The van der Waals surface area contributed by atoms with Crippen LogP contribution in [0.5, 0.6) is 0 Å². The Kier molecular flexibility index (Phi) is 5.73. The zero-order valence-corrected chi connectivity index (χ0v) is 9.92. The van der Waals surface area contributed by atoms with Gasteiger partial charge in [-0.05, 0) is 13.0 Å². The van der Waals surface area contributed by atoms with E-state index >= 15 is 0 Å². The van der Waals surface area contributed by atoms with Crippen LogP contribution >= 0.6 is 0 Å². The lowest BCUT2D eigenvalue weighted by Crippen LogP contribution is -2.48. The van der Waals surface area contributed by atoms with E-state index in [4.69, 9.17) is 4.74 Å². The number of hydrogen-bond acceptors (Lipinski definition) is 4. The van der Waals surface area contributed by atoms with Gasteiger partial charge in [0, 0.05) is 32.6 Å². The molecule has 1 saturated heterocycles. The fourth-order valence-corrected chi connectivity index (χ4v) is 1.63. The van der Waals surface area contributed by atoms with E-state index in [2.05, 4.69) is 17.6 Å². The molecule has 0 radical (unpaired) electrons. The number of amides is 1. The molecule has 0 aromatic rings. The predicted octanol–water partition coefficient (Wildman–Crippen LogP) is -0.356. The van der Waals surface area contributed by atoms with E-state index in [9.17, 15) is 9.90 Å². The molecule has 16 heavy (non-hydrogen) atoms. The summed E-state index contributed by atoms with van der Waals surface area (Å²) in [4.78, 5) is 11.4. The highest BCUT2D eigenvalue weighted by molar-refractivity contribution is 5.78. The third-order valence-corrected chi connectivity index (χ3v) is 2.75. The van der Waals surface area contributed by atoms with E-state index in [0.29, 0.717) is 39.1 Å². The third kappa shape index (κ3) is 4.92. The highest BCUT2D eigenvalue weighted by Gasteiger charge is 2.29. The topological polar surface area (TPSA) is 70.6 Å². The molecule has 94 valence electrons. The zero-order chi connectivity index (χ0) is 11.9. The van der Waals surface area contributed by atoms with E-state index in [0.717, 1.165) is 13.0 Å². The van der Waals surface area contributed by atoms with E-state index in [1.165, 1.54) is 0 Å². The van der Waals surface area contributed by atoms with Crippen molar-refractivity contribution in [2.75, 3.05) is 32.8 Å². The second kappa shape index (κ2) is 6.83. The molecule has 0 spiro atoms. The van der Waals surface area contributed by atoms with Crippen LogP contribution in [0.25, 0.3) is 0 Å². The van der Waals surface area contributed by atoms with Crippen molar-refractivity contribution in [1.82, 2.24) is 10.6 Å². The fourth-order valence-electron chi connectivity index (χ4n) is 1.63. The molecule has 0 aliphatic carbocycles. The van der Waals surface area contributed by atoms with Gasteiger partial charge in [0.15, 0.2) is 0 Å². The summed E-state index contributed by atoms with van der Waals surface area (Å²) in [5, 5.41) is 15.8. The molecular weight excluding hydrogens is 208 g/mol. The van der Waals surface area contributed by atoms with Crippen molar-refractivity contribution in [2.24, 2.45) is 0 Å². The Hall–Kier alpha value is -0.650. The van der Waals surface area contributed by atoms with Crippen LogP contribution < -0.4 is 10.6 Å². The van der Waals surface area contributed by atoms with Gasteiger partial charge in [-0.3, -0.25) is 4.79 Å². The molecule has 5 heteroatoms. The van der Waals surface area contributed by atoms with Crippen LogP contribution in [0.4, 0.5) is 0 Å². The molecule has 5 nitrogen and oxygen atoms in total. The quantitative estimate of drug-likeness (QED) is 0.545. The average molecular weight is 230 g/mol. The normalized spacial score (nSPS) is 19.4. The Morgan fingerprint density at radius 2 is 2.12 bits per heavy atom. The van der Waals surface area contributed by atoms with Crippen molar-refractivity contribution in [3.8, 4) is 0 Å². The van der Waals surface area contributed by atoms with Crippen LogP contribution in [0.2, 0.25) is 0 Å². The smallest absolute Gasteiger partial charge is 0.234 e. The Morgan fingerprint density at radius 3 is 2.75 bits per heavy atom. The summed E-state index contributed by atoms with van der Waals surface area (Å²) in [5.41, 5.74) is -0.779. The molecule has 0 aromatic carbocycles. The monoisotopic (exact) mass is 230 g/mol. The third-order valence-electron chi connectivity index (χ3n) is 2.75. The first-order valence-corrected chi connectivity index (χ1v) is 5.94. The molecular formula is C11H22N2O3. The van der Waals surface area contributed by atoms with Crippen LogP contribution in [-0.4, -0.2) is 49.5 Å². The SMILES string of the molecule is CCCNCC(=O)NCC1(O)CCOCC1. The van der Waals surface area contributed by atoms with Crippen molar-refractivity contribution < 1.29 is 14.6 Å². The van der Waals surface area contributed by atoms with E-state index in [-0.39, 0.29) is 5.91 Å². The highest BCUT2D eigenvalue weighted by Crippen LogP contribution is 2.18. The zero-order valence-electron chi connectivity index (χ0n) is 9.92. The first-order valence-electron chi connectivity index (χ1n) is 5.94. The standard InChI is InChI=1S/C11H22N2O3/c1-2-5-12-8-10(14)13-9-11(15)3-6-16-7-4-11/h12,15H,2-9H2,1H3,(H,13,14). The van der Waals surface area contributed by atoms with Crippen molar-refractivity contribution in [3.05, 3.63) is 0 Å². The molecule has 1 aliphatic rings. The molecule has 3 N–H and O–H groups in total. The van der Waals surface area contributed by atoms with Gasteiger partial charge in [0.1, 0.15) is 0 Å². The van der Waals surface area contributed by atoms with Crippen LogP contribution in [0.15, 0.2) is 0 Å². The van der Waals surface area contributed by atoms with Crippen LogP contribution in [-0.2, 0) is 9.53 Å². The van der Waals surface area contributed by atoms with E-state index in [1.54, 1.807) is 0 Å². The van der Waals surface area contributed by atoms with Crippen molar-refractivity contribution in [2.45, 2.75) is 31.8 Å². The second-order valence-corrected chi connectivity index (χ2v) is 4.29. The van der Waals surface area contributed by atoms with Crippen molar-refractivity contribution in [3.63, 3.8) is 0 Å². The highest BCUT2D eigenvalue weighted by atomic mass is 16.5. The van der Waals surface area contributed by atoms with Gasteiger partial charge in [0.2, 0.25) is 5.91 Å². The minimum Gasteiger partial charge on any atom is -0.388 e. The molecule has 1 amide bonds. The number of carbonyl (C=O) groups excluding carboxylic acids is 1. The number of ether oxygens (including phenoxy) is 1. The largest absolute Gasteiger partial charge is 0.388 e. The molecule has 0 bridgehead atoms. The predicted molar refractivity (Wildman–Crippen MR) is 61.2 cm³/mol. The Bertz CT molecular complexity index is 215. The molecule has 0 atom stereocenters. The minimum absolute atomic E-state index is 0.0617. The molecule has 1 aliphatic heterocycles. The van der Waals surface area contributed by atoms with Crippen LogP contribution in [0.1, 0.15) is 26.2 Å². The number of aliphatic hydroxyl groups is 1. The van der Waals surface area contributed by atoms with Gasteiger partial charge in [-0.1, -0.05) is 6.92 Å². The van der Waals surface area contributed by atoms with E-state index in [1.807, 2.05) is 0 Å². The Labute approximate surface area is 96.6 Å². The number of hydrogen-bond donors (Lipinski definition) is 3. The lowest BCUT2D eigenvalue weighted by atomic mass is 9.94. The van der Waals surface area contributed by atoms with Gasteiger partial charge >= 0.3 is 0 Å². The Morgan fingerprint density at radius 1 is 1.44 bits per heavy atom. The van der Waals surface area contributed by atoms with Crippen LogP contribution in [0.3, 0.4) is 0 Å². The first-order chi connectivity index (χ1) is 7.66. The summed E-state index contributed by atoms with van der Waals surface area (Å²) in [5.74, 6) is -0.0617. The molecule has 1 fully saturated rings. The number of nitrogens with one attached hydrogen (secondary N) is 2. The summed E-state index contributed by atoms with van der Waals surface area (Å²) in [6.45, 7) is 4.67. The molecule has 1 heterocycles. The second-order valence-electron chi connectivity index (χ2n) is 4.29. The fraction of sp³-hybridized carbons (Fsp3) is 0.909. The molecule has 0 saturated carbocycles. The summed E-state index contributed by atoms with van der Waals surface area (Å²) in [6.07, 6.45) is 2.19. The lowest BCUT2D eigenvalue weighted by Gasteiger charge is -2.32. The summed E-state index contributed by atoms with van der Waals surface area (Å²) >= 11 is 0. The molecule has 0 unspecified atom stereocenters. The van der Waals surface area contributed by atoms with Gasteiger partial charge in [0.25, 0.3) is 0 Å². The maximum absolute atomic E-state index is 11.4. The Balaban J connectivity index is 2.14. The minimum atomic E-state index is -0.779. The van der Waals surface area contributed by atoms with Crippen LogP contribution in [0, 0.1) is 0 Å². The average Bonchev–Trinajstić information content (AvgIpc) is 2.28. The lowest BCUT2D eigenvalue weighted by molar-refractivity contribution is -0.123. The first kappa shape index (κ1) is 13.4. The maximum atomic E-state index is 11.4. The number of carbonyl (C=O) groups is 1. The van der Waals surface area contributed by atoms with Gasteiger partial charge < -0.3 is 20.5 Å². The van der Waals surface area contributed by atoms with Gasteiger partial charge in [-0.2, -0.15) is 0 Å². The van der Waals surface area contributed by atoms with Gasteiger partial charge in [-0.15, -0.1) is 0 Å². The van der Waals surface area contributed by atoms with Gasteiger partial charge in [-0.25, -0.2) is 0 Å². The summed E-state index contributed by atoms with van der Waals surface area (Å²) in [7, 11) is 0.